The lowest BCUT2D eigenvalue weighted by Gasteiger charge is -2.19. The van der Waals surface area contributed by atoms with Crippen LogP contribution < -0.4 is 4.74 Å². The summed E-state index contributed by atoms with van der Waals surface area (Å²) in [5.41, 5.74) is 9.15. The molecule has 0 fully saturated rings. The van der Waals surface area contributed by atoms with E-state index in [0.29, 0.717) is 0 Å². The molecule has 110 valence electrons. The van der Waals surface area contributed by atoms with Gasteiger partial charge in [-0.15, -0.1) is 0 Å². The van der Waals surface area contributed by atoms with E-state index in [0.717, 1.165) is 25.1 Å². The van der Waals surface area contributed by atoms with Gasteiger partial charge in [-0.1, -0.05) is 36.4 Å². The Morgan fingerprint density at radius 2 is 1.86 bits per heavy atom. The van der Waals surface area contributed by atoms with Crippen molar-refractivity contribution in [1.29, 1.82) is 0 Å². The minimum absolute atomic E-state index is 0.783. The third-order valence-corrected chi connectivity index (χ3v) is 4.72. The lowest BCUT2D eigenvalue weighted by Crippen LogP contribution is -2.13. The van der Waals surface area contributed by atoms with Gasteiger partial charge in [0.25, 0.3) is 0 Å². The molecule has 0 N–H and O–H groups in total. The summed E-state index contributed by atoms with van der Waals surface area (Å²) in [5.74, 6) is 0.954. The van der Waals surface area contributed by atoms with Gasteiger partial charge in [-0.2, -0.15) is 0 Å². The minimum Gasteiger partial charge on any atom is -0.496 e. The number of aliphatic imine (C=N–C) groups is 1. The number of allylic oxidation sites excluding steroid dienone is 1. The molecule has 22 heavy (non-hydrogen) atoms. The first-order valence-corrected chi connectivity index (χ1v) is 7.78. The van der Waals surface area contributed by atoms with Crippen molar-refractivity contribution in [3.05, 3.63) is 70.3 Å². The fourth-order valence-corrected chi connectivity index (χ4v) is 3.51. The van der Waals surface area contributed by atoms with Gasteiger partial charge >= 0.3 is 0 Å². The Morgan fingerprint density at radius 1 is 1.00 bits per heavy atom. The van der Waals surface area contributed by atoms with Crippen molar-refractivity contribution in [1.82, 2.24) is 0 Å². The summed E-state index contributed by atoms with van der Waals surface area (Å²) in [5, 5.41) is 0. The number of benzene rings is 2. The summed E-state index contributed by atoms with van der Waals surface area (Å²) in [6.45, 7) is 2.86. The zero-order valence-electron chi connectivity index (χ0n) is 13.0. The van der Waals surface area contributed by atoms with Crippen molar-refractivity contribution < 1.29 is 4.74 Å². The zero-order chi connectivity index (χ0) is 15.1. The third-order valence-electron chi connectivity index (χ3n) is 4.72. The summed E-state index contributed by atoms with van der Waals surface area (Å²) in [4.78, 5) is 4.84. The first kappa shape index (κ1) is 13.3. The molecule has 0 saturated heterocycles. The molecule has 0 radical (unpaired) electrons. The smallest absolute Gasteiger partial charge is 0.122 e. The van der Waals surface area contributed by atoms with Crippen molar-refractivity contribution in [3.8, 4) is 5.75 Å². The zero-order valence-corrected chi connectivity index (χ0v) is 13.0. The number of methoxy groups -OCH3 is 1. The van der Waals surface area contributed by atoms with Crippen molar-refractivity contribution in [2.45, 2.75) is 19.8 Å². The molecule has 1 aliphatic carbocycles. The lowest BCUT2D eigenvalue weighted by atomic mass is 9.84. The first-order valence-electron chi connectivity index (χ1n) is 7.78. The van der Waals surface area contributed by atoms with E-state index in [4.69, 9.17) is 9.73 Å². The average molecular weight is 289 g/mol. The Labute approximate surface area is 131 Å². The van der Waals surface area contributed by atoms with E-state index >= 15 is 0 Å². The van der Waals surface area contributed by atoms with Crippen LogP contribution in [0.4, 0.5) is 0 Å². The summed E-state index contributed by atoms with van der Waals surface area (Å²) in [6.07, 6.45) is 2.19. The fraction of sp³-hybridized carbons (Fsp3) is 0.250. The van der Waals surface area contributed by atoms with E-state index in [2.05, 4.69) is 49.4 Å². The standard InChI is InChI=1S/C20H19NO/c1-13-7-8-15(11-19(13)22-2)18-12-21-20-16-6-4-3-5-14(16)9-10-17(18)20/h3-8,11H,9-10,12H2,1-2H3. The lowest BCUT2D eigenvalue weighted by molar-refractivity contribution is 0.411. The molecule has 0 bridgehead atoms. The highest BCUT2D eigenvalue weighted by molar-refractivity contribution is 6.20. The number of ether oxygens (including phenoxy) is 1. The highest BCUT2D eigenvalue weighted by Gasteiger charge is 2.27. The summed E-state index contributed by atoms with van der Waals surface area (Å²) in [7, 11) is 1.73. The van der Waals surface area contributed by atoms with Crippen LogP contribution in [0.2, 0.25) is 0 Å². The van der Waals surface area contributed by atoms with E-state index < -0.39 is 0 Å². The number of fused-ring (bicyclic) bond motifs is 3. The monoisotopic (exact) mass is 289 g/mol. The molecular weight excluding hydrogens is 270 g/mol. The van der Waals surface area contributed by atoms with E-state index in [-0.39, 0.29) is 0 Å². The third kappa shape index (κ3) is 1.98. The van der Waals surface area contributed by atoms with Gasteiger partial charge in [0, 0.05) is 5.56 Å². The van der Waals surface area contributed by atoms with Crippen molar-refractivity contribution >= 4 is 11.3 Å². The maximum atomic E-state index is 5.48. The molecule has 2 aromatic carbocycles. The second-order valence-electron chi connectivity index (χ2n) is 5.96. The molecule has 0 atom stereocenters. The van der Waals surface area contributed by atoms with Gasteiger partial charge in [0.1, 0.15) is 5.75 Å². The van der Waals surface area contributed by atoms with Gasteiger partial charge in [-0.25, -0.2) is 0 Å². The fourth-order valence-electron chi connectivity index (χ4n) is 3.51. The Balaban J connectivity index is 1.80. The van der Waals surface area contributed by atoms with Gasteiger partial charge in [0.15, 0.2) is 0 Å². The quantitative estimate of drug-likeness (QED) is 0.811. The molecule has 0 unspecified atom stereocenters. The van der Waals surface area contributed by atoms with E-state index in [9.17, 15) is 0 Å². The van der Waals surface area contributed by atoms with E-state index in [1.165, 1.54) is 39.1 Å². The minimum atomic E-state index is 0.783. The topological polar surface area (TPSA) is 21.6 Å². The SMILES string of the molecule is COc1cc(C2=C3CCc4ccccc4C3=NC2)ccc1C. The van der Waals surface area contributed by atoms with Crippen LogP contribution in [0.15, 0.2) is 53.0 Å². The molecule has 4 rings (SSSR count). The number of aryl methyl sites for hydroxylation is 2. The van der Waals surface area contributed by atoms with Crippen molar-refractivity contribution in [2.24, 2.45) is 4.99 Å². The molecule has 0 spiro atoms. The van der Waals surface area contributed by atoms with Gasteiger partial charge < -0.3 is 4.74 Å². The number of hydrogen-bond acceptors (Lipinski definition) is 2. The normalized spacial score (nSPS) is 16.2. The van der Waals surface area contributed by atoms with E-state index in [1.807, 2.05) is 0 Å². The van der Waals surface area contributed by atoms with Gasteiger partial charge in [0.05, 0.1) is 19.4 Å². The van der Waals surface area contributed by atoms with Gasteiger partial charge in [-0.05, 0) is 53.7 Å². The summed E-state index contributed by atoms with van der Waals surface area (Å²) in [6, 6.07) is 15.1. The molecule has 2 nitrogen and oxygen atoms in total. The molecule has 1 aliphatic heterocycles. The van der Waals surface area contributed by atoms with Crippen LogP contribution >= 0.6 is 0 Å². The van der Waals surface area contributed by atoms with Crippen LogP contribution in [0.1, 0.15) is 28.7 Å². The van der Waals surface area contributed by atoms with Crippen LogP contribution in [0.5, 0.6) is 5.75 Å². The van der Waals surface area contributed by atoms with Crippen LogP contribution in [-0.2, 0) is 6.42 Å². The number of hydrogen-bond donors (Lipinski definition) is 0. The molecule has 1 heterocycles. The molecular formula is C20H19NO. The molecule has 2 heteroatoms. The second-order valence-corrected chi connectivity index (χ2v) is 5.96. The first-order chi connectivity index (χ1) is 10.8. The highest BCUT2D eigenvalue weighted by atomic mass is 16.5. The van der Waals surface area contributed by atoms with E-state index in [1.54, 1.807) is 7.11 Å². The van der Waals surface area contributed by atoms with Crippen molar-refractivity contribution in [2.75, 3.05) is 13.7 Å². The number of rotatable bonds is 2. The molecule has 0 amide bonds. The average Bonchev–Trinajstić information content (AvgIpc) is 3.00. The Morgan fingerprint density at radius 3 is 2.73 bits per heavy atom. The van der Waals surface area contributed by atoms with Gasteiger partial charge in [0.2, 0.25) is 0 Å². The molecule has 2 aliphatic rings. The predicted molar refractivity (Wildman–Crippen MR) is 90.8 cm³/mol. The summed E-state index contributed by atoms with van der Waals surface area (Å²) < 4.78 is 5.48. The highest BCUT2D eigenvalue weighted by Crippen LogP contribution is 2.36. The van der Waals surface area contributed by atoms with Crippen molar-refractivity contribution in [3.63, 3.8) is 0 Å². The maximum Gasteiger partial charge on any atom is 0.122 e. The number of nitrogens with zero attached hydrogens (tertiary/aromatic N) is 1. The summed E-state index contributed by atoms with van der Waals surface area (Å²) >= 11 is 0. The van der Waals surface area contributed by atoms with Crippen LogP contribution in [0.25, 0.3) is 5.57 Å². The molecule has 2 aromatic rings. The Kier molecular flexibility index (Phi) is 3.11. The van der Waals surface area contributed by atoms with Crippen LogP contribution in [0, 0.1) is 6.92 Å². The van der Waals surface area contributed by atoms with Crippen LogP contribution in [0.3, 0.4) is 0 Å². The Hall–Kier alpha value is -2.35. The van der Waals surface area contributed by atoms with Gasteiger partial charge in [-0.3, -0.25) is 4.99 Å². The predicted octanol–water partition coefficient (Wildman–Crippen LogP) is 4.21. The Bertz CT molecular complexity index is 814. The largest absolute Gasteiger partial charge is 0.496 e. The second kappa shape index (κ2) is 5.13. The maximum absolute atomic E-state index is 5.48. The molecule has 0 saturated carbocycles. The molecule has 0 aromatic heterocycles. The van der Waals surface area contributed by atoms with Crippen LogP contribution in [-0.4, -0.2) is 19.4 Å².